The molecule has 1 aromatic heterocycles. The lowest BCUT2D eigenvalue weighted by atomic mass is 9.79. The van der Waals surface area contributed by atoms with Crippen molar-refractivity contribution in [3.05, 3.63) is 28.5 Å². The highest BCUT2D eigenvalue weighted by Gasteiger charge is 2.34. The fourth-order valence-corrected chi connectivity index (χ4v) is 2.99. The lowest BCUT2D eigenvalue weighted by molar-refractivity contribution is -0.0581. The summed E-state index contributed by atoms with van der Waals surface area (Å²) in [5, 5.41) is 10.6. The third kappa shape index (κ3) is 3.50. The minimum absolute atomic E-state index is 0.189. The van der Waals surface area contributed by atoms with Crippen LogP contribution in [0.25, 0.3) is 0 Å². The van der Waals surface area contributed by atoms with Crippen molar-refractivity contribution >= 4 is 15.9 Å². The van der Waals surface area contributed by atoms with Crippen LogP contribution >= 0.6 is 15.9 Å². The first-order chi connectivity index (χ1) is 8.11. The maximum absolute atomic E-state index is 10.6. The Morgan fingerprint density at radius 3 is 3.12 bits per heavy atom. The maximum atomic E-state index is 10.6. The van der Waals surface area contributed by atoms with Crippen LogP contribution in [0, 0.1) is 0 Å². The topological polar surface area (TPSA) is 42.4 Å². The molecule has 1 aromatic rings. The van der Waals surface area contributed by atoms with Gasteiger partial charge in [0.2, 0.25) is 0 Å². The summed E-state index contributed by atoms with van der Waals surface area (Å²) in [4.78, 5) is 4.13. The van der Waals surface area contributed by atoms with Gasteiger partial charge in [0.25, 0.3) is 0 Å². The van der Waals surface area contributed by atoms with E-state index in [2.05, 4.69) is 20.9 Å². The molecule has 94 valence electrons. The summed E-state index contributed by atoms with van der Waals surface area (Å²) in [6, 6.07) is 2.02. The summed E-state index contributed by atoms with van der Waals surface area (Å²) in [6.45, 7) is 0. The number of rotatable bonds is 3. The van der Waals surface area contributed by atoms with Gasteiger partial charge in [-0.05, 0) is 46.8 Å². The number of ether oxygens (including phenoxy) is 1. The molecule has 0 spiro atoms. The Bertz CT molecular complexity index is 385. The van der Waals surface area contributed by atoms with E-state index in [1.54, 1.807) is 13.3 Å². The van der Waals surface area contributed by atoms with E-state index in [-0.39, 0.29) is 6.10 Å². The fourth-order valence-electron chi connectivity index (χ4n) is 2.58. The van der Waals surface area contributed by atoms with Crippen LogP contribution in [0.2, 0.25) is 0 Å². The quantitative estimate of drug-likeness (QED) is 0.933. The summed E-state index contributed by atoms with van der Waals surface area (Å²) in [5.41, 5.74) is 0.431. The van der Waals surface area contributed by atoms with Crippen molar-refractivity contribution in [2.75, 3.05) is 7.11 Å². The normalized spacial score (nSPS) is 29.2. The van der Waals surface area contributed by atoms with E-state index in [0.717, 1.165) is 35.7 Å². The Labute approximate surface area is 110 Å². The first-order valence-electron chi connectivity index (χ1n) is 5.96. The minimum Gasteiger partial charge on any atom is -0.389 e. The standard InChI is InChI=1S/C13H18BrNO2/c1-17-12-3-2-4-13(16,7-12)6-10-5-11(14)9-15-8-10/h5,8-9,12,16H,2-4,6-7H2,1H3. The second kappa shape index (κ2) is 5.46. The molecular weight excluding hydrogens is 282 g/mol. The third-order valence-corrected chi connectivity index (χ3v) is 3.84. The molecule has 1 saturated carbocycles. The number of hydrogen-bond donors (Lipinski definition) is 1. The van der Waals surface area contributed by atoms with Crippen LogP contribution in [-0.2, 0) is 11.2 Å². The molecule has 1 aliphatic rings. The van der Waals surface area contributed by atoms with E-state index in [0.29, 0.717) is 6.42 Å². The van der Waals surface area contributed by atoms with Gasteiger partial charge in [-0.25, -0.2) is 0 Å². The number of methoxy groups -OCH3 is 1. The Hall–Kier alpha value is -0.450. The first-order valence-corrected chi connectivity index (χ1v) is 6.75. The Morgan fingerprint density at radius 2 is 2.41 bits per heavy atom. The number of nitrogens with zero attached hydrogens (tertiary/aromatic N) is 1. The molecule has 2 unspecified atom stereocenters. The molecule has 0 aliphatic heterocycles. The van der Waals surface area contributed by atoms with E-state index in [9.17, 15) is 5.11 Å². The number of pyridine rings is 1. The summed E-state index contributed by atoms with van der Waals surface area (Å²) in [7, 11) is 1.72. The monoisotopic (exact) mass is 299 g/mol. The van der Waals surface area contributed by atoms with Gasteiger partial charge in [0.05, 0.1) is 11.7 Å². The predicted octanol–water partition coefficient (Wildman–Crippen LogP) is 2.71. The van der Waals surface area contributed by atoms with Gasteiger partial charge in [-0.1, -0.05) is 0 Å². The van der Waals surface area contributed by atoms with Gasteiger partial charge in [0.1, 0.15) is 0 Å². The number of aliphatic hydroxyl groups is 1. The molecule has 17 heavy (non-hydrogen) atoms. The van der Waals surface area contributed by atoms with Crippen LogP contribution in [0.1, 0.15) is 31.2 Å². The van der Waals surface area contributed by atoms with Gasteiger partial charge in [0.15, 0.2) is 0 Å². The van der Waals surface area contributed by atoms with Crippen molar-refractivity contribution in [3.8, 4) is 0 Å². The van der Waals surface area contributed by atoms with Gasteiger partial charge < -0.3 is 9.84 Å². The SMILES string of the molecule is COC1CCCC(O)(Cc2cncc(Br)c2)C1. The lowest BCUT2D eigenvalue weighted by Gasteiger charge is -2.36. The summed E-state index contributed by atoms with van der Waals surface area (Å²) in [5.74, 6) is 0. The van der Waals surface area contributed by atoms with Gasteiger partial charge in [0, 0.05) is 36.8 Å². The van der Waals surface area contributed by atoms with Crippen molar-refractivity contribution in [2.24, 2.45) is 0 Å². The van der Waals surface area contributed by atoms with E-state index in [1.165, 1.54) is 0 Å². The van der Waals surface area contributed by atoms with E-state index in [1.807, 2.05) is 12.3 Å². The van der Waals surface area contributed by atoms with E-state index >= 15 is 0 Å². The molecule has 0 saturated heterocycles. The van der Waals surface area contributed by atoms with Gasteiger partial charge in [-0.15, -0.1) is 0 Å². The van der Waals surface area contributed by atoms with Crippen LogP contribution < -0.4 is 0 Å². The van der Waals surface area contributed by atoms with Gasteiger partial charge in [-0.3, -0.25) is 4.98 Å². The van der Waals surface area contributed by atoms with Crippen molar-refractivity contribution in [3.63, 3.8) is 0 Å². The average Bonchev–Trinajstić information content (AvgIpc) is 2.28. The highest BCUT2D eigenvalue weighted by molar-refractivity contribution is 9.10. The van der Waals surface area contributed by atoms with Crippen molar-refractivity contribution in [2.45, 2.75) is 43.8 Å². The molecule has 1 heterocycles. The average molecular weight is 300 g/mol. The number of hydrogen-bond acceptors (Lipinski definition) is 3. The van der Waals surface area contributed by atoms with Crippen molar-refractivity contribution < 1.29 is 9.84 Å². The number of halogens is 1. The van der Waals surface area contributed by atoms with Crippen LogP contribution in [0.5, 0.6) is 0 Å². The predicted molar refractivity (Wildman–Crippen MR) is 69.9 cm³/mol. The van der Waals surface area contributed by atoms with Crippen LogP contribution in [-0.4, -0.2) is 28.9 Å². The molecule has 0 amide bonds. The zero-order valence-electron chi connectivity index (χ0n) is 10.0. The fraction of sp³-hybridized carbons (Fsp3) is 0.615. The highest BCUT2D eigenvalue weighted by atomic mass is 79.9. The summed E-state index contributed by atoms with van der Waals surface area (Å²) < 4.78 is 6.32. The van der Waals surface area contributed by atoms with Crippen molar-refractivity contribution in [1.82, 2.24) is 4.98 Å². The molecule has 2 rings (SSSR count). The molecule has 1 fully saturated rings. The number of aromatic nitrogens is 1. The van der Waals surface area contributed by atoms with Crippen molar-refractivity contribution in [1.29, 1.82) is 0 Å². The molecule has 0 radical (unpaired) electrons. The highest BCUT2D eigenvalue weighted by Crippen LogP contribution is 2.32. The van der Waals surface area contributed by atoms with Gasteiger partial charge in [-0.2, -0.15) is 0 Å². The van der Waals surface area contributed by atoms with Gasteiger partial charge >= 0.3 is 0 Å². The molecule has 1 aliphatic carbocycles. The molecular formula is C13H18BrNO2. The molecule has 3 nitrogen and oxygen atoms in total. The zero-order chi connectivity index (χ0) is 12.3. The second-order valence-electron chi connectivity index (χ2n) is 4.87. The second-order valence-corrected chi connectivity index (χ2v) is 5.78. The lowest BCUT2D eigenvalue weighted by Crippen LogP contribution is -2.40. The zero-order valence-corrected chi connectivity index (χ0v) is 11.6. The Balaban J connectivity index is 2.06. The maximum Gasteiger partial charge on any atom is 0.0713 e. The third-order valence-electron chi connectivity index (χ3n) is 3.40. The molecule has 1 N–H and O–H groups in total. The largest absolute Gasteiger partial charge is 0.389 e. The Kier molecular flexibility index (Phi) is 4.17. The molecule has 2 atom stereocenters. The van der Waals surface area contributed by atoms with Crippen LogP contribution in [0.3, 0.4) is 0 Å². The molecule has 0 bridgehead atoms. The Morgan fingerprint density at radius 1 is 1.59 bits per heavy atom. The smallest absolute Gasteiger partial charge is 0.0713 e. The van der Waals surface area contributed by atoms with Crippen LogP contribution in [0.15, 0.2) is 22.9 Å². The molecule has 4 heteroatoms. The minimum atomic E-state index is -0.638. The first kappa shape index (κ1) is 13.0. The van der Waals surface area contributed by atoms with E-state index in [4.69, 9.17) is 4.74 Å². The summed E-state index contributed by atoms with van der Waals surface area (Å²) in [6.07, 6.45) is 8.06. The summed E-state index contributed by atoms with van der Waals surface area (Å²) >= 11 is 3.40. The van der Waals surface area contributed by atoms with Crippen LogP contribution in [0.4, 0.5) is 0 Å². The van der Waals surface area contributed by atoms with E-state index < -0.39 is 5.60 Å². The molecule has 0 aromatic carbocycles.